The van der Waals surface area contributed by atoms with Gasteiger partial charge in [-0.15, -0.1) is 0 Å². The molecule has 0 aliphatic rings. The van der Waals surface area contributed by atoms with Crippen LogP contribution in [0.4, 0.5) is 5.69 Å². The van der Waals surface area contributed by atoms with Gasteiger partial charge in [0.15, 0.2) is 0 Å². The van der Waals surface area contributed by atoms with Gasteiger partial charge in [-0.1, -0.05) is 0 Å². The van der Waals surface area contributed by atoms with Crippen LogP contribution in [0.2, 0.25) is 0 Å². The molecule has 2 rings (SSSR count). The lowest BCUT2D eigenvalue weighted by Crippen LogP contribution is -2.47. The lowest BCUT2D eigenvalue weighted by atomic mass is 10.1. The number of anilines is 1. The first-order valence-electron chi connectivity index (χ1n) is 7.85. The average Bonchev–Trinajstić information content (AvgIpc) is 2.43. The summed E-state index contributed by atoms with van der Waals surface area (Å²) in [6.45, 7) is 9.31. The molecular weight excluding hydrogens is 308 g/mol. The highest BCUT2D eigenvalue weighted by atomic mass is 16.5. The molecule has 1 amide bonds. The molecule has 6 heteroatoms. The Labute approximate surface area is 141 Å². The van der Waals surface area contributed by atoms with Gasteiger partial charge in [-0.25, -0.2) is 4.79 Å². The smallest absolute Gasteiger partial charge is 0.336 e. The maximum atomic E-state index is 12.3. The van der Waals surface area contributed by atoms with Crippen LogP contribution < -0.4 is 16.7 Å². The fraction of sp³-hybridized carbons (Fsp3) is 0.444. The van der Waals surface area contributed by atoms with Gasteiger partial charge < -0.3 is 20.2 Å². The lowest BCUT2D eigenvalue weighted by Gasteiger charge is -2.28. The van der Waals surface area contributed by atoms with Crippen molar-refractivity contribution >= 4 is 22.6 Å². The molecule has 1 heterocycles. The number of carbonyl (C=O) groups excluding carboxylic acids is 1. The Morgan fingerprint density at radius 2 is 1.96 bits per heavy atom. The molecule has 3 N–H and O–H groups in total. The molecule has 24 heavy (non-hydrogen) atoms. The van der Waals surface area contributed by atoms with E-state index in [-0.39, 0.29) is 11.5 Å². The van der Waals surface area contributed by atoms with Crippen LogP contribution in [0.3, 0.4) is 0 Å². The molecular formula is C18H24N2O4. The fourth-order valence-corrected chi connectivity index (χ4v) is 2.47. The largest absolute Gasteiger partial charge is 0.423 e. The number of fused-ring (bicyclic) bond motifs is 1. The molecule has 1 aromatic carbocycles. The van der Waals surface area contributed by atoms with E-state index >= 15 is 0 Å². The van der Waals surface area contributed by atoms with Crippen molar-refractivity contribution in [2.45, 2.75) is 52.4 Å². The van der Waals surface area contributed by atoms with E-state index in [9.17, 15) is 9.59 Å². The number of rotatable bonds is 4. The first kappa shape index (κ1) is 18.2. The molecule has 130 valence electrons. The zero-order valence-electron chi connectivity index (χ0n) is 14.7. The van der Waals surface area contributed by atoms with Gasteiger partial charge in [-0.3, -0.25) is 4.79 Å². The predicted octanol–water partition coefficient (Wildman–Crippen LogP) is 2.57. The fourth-order valence-electron chi connectivity index (χ4n) is 2.47. The molecule has 0 aliphatic heterocycles. The quantitative estimate of drug-likeness (QED) is 0.839. The molecule has 0 aliphatic carbocycles. The van der Waals surface area contributed by atoms with Gasteiger partial charge in [-0.2, -0.15) is 0 Å². The first-order valence-corrected chi connectivity index (χ1v) is 7.85. The Hall–Kier alpha value is -2.18. The number of nitrogens with one attached hydrogen (secondary N) is 1. The maximum absolute atomic E-state index is 12.3. The van der Waals surface area contributed by atoms with Gasteiger partial charge in [-0.05, 0) is 52.3 Å². The number of ether oxygens (including phenoxy) is 1. The normalized spacial score (nSPS) is 14.4. The van der Waals surface area contributed by atoms with Crippen LogP contribution in [0, 0.1) is 6.92 Å². The zero-order chi connectivity index (χ0) is 18.1. The molecule has 0 bridgehead atoms. The summed E-state index contributed by atoms with van der Waals surface area (Å²) in [4.78, 5) is 23.8. The second kappa shape index (κ2) is 6.75. The van der Waals surface area contributed by atoms with Crippen LogP contribution in [0.1, 0.15) is 33.3 Å². The standard InChI is InChI=1S/C18H24N2O4/c1-10-8-15(21)23-14-9-12(6-7-13(10)14)20-17(22)16(19)11(2)24-18(3,4)5/h6-9,11,16H,19H2,1-5H3,(H,20,22)/t11-,16+/m1/s1. The Morgan fingerprint density at radius 3 is 2.58 bits per heavy atom. The van der Waals surface area contributed by atoms with Crippen LogP contribution in [0.15, 0.2) is 33.5 Å². The Morgan fingerprint density at radius 1 is 1.29 bits per heavy atom. The summed E-state index contributed by atoms with van der Waals surface area (Å²) in [5.41, 5.74) is 6.91. The van der Waals surface area contributed by atoms with E-state index in [1.807, 2.05) is 27.7 Å². The lowest BCUT2D eigenvalue weighted by molar-refractivity contribution is -0.124. The molecule has 0 radical (unpaired) electrons. The van der Waals surface area contributed by atoms with Gasteiger partial charge in [0.1, 0.15) is 11.6 Å². The van der Waals surface area contributed by atoms with Crippen molar-refractivity contribution in [2.24, 2.45) is 5.73 Å². The van der Waals surface area contributed by atoms with Crippen molar-refractivity contribution in [1.82, 2.24) is 0 Å². The topological polar surface area (TPSA) is 94.6 Å². The Balaban J connectivity index is 2.17. The van der Waals surface area contributed by atoms with Crippen molar-refractivity contribution in [2.75, 3.05) is 5.32 Å². The summed E-state index contributed by atoms with van der Waals surface area (Å²) in [5.74, 6) is -0.360. The number of aryl methyl sites for hydroxylation is 1. The van der Waals surface area contributed by atoms with E-state index in [1.165, 1.54) is 6.07 Å². The minimum Gasteiger partial charge on any atom is -0.423 e. The summed E-state index contributed by atoms with van der Waals surface area (Å²) < 4.78 is 10.9. The highest BCUT2D eigenvalue weighted by Gasteiger charge is 2.26. The number of hydrogen-bond donors (Lipinski definition) is 2. The zero-order valence-corrected chi connectivity index (χ0v) is 14.7. The number of carbonyl (C=O) groups is 1. The summed E-state index contributed by atoms with van der Waals surface area (Å²) in [6.07, 6.45) is -0.439. The monoisotopic (exact) mass is 332 g/mol. The predicted molar refractivity (Wildman–Crippen MR) is 94.1 cm³/mol. The maximum Gasteiger partial charge on any atom is 0.336 e. The van der Waals surface area contributed by atoms with E-state index in [0.29, 0.717) is 11.3 Å². The third-order valence-corrected chi connectivity index (χ3v) is 3.57. The minimum absolute atomic E-state index is 0.360. The minimum atomic E-state index is -0.815. The number of benzene rings is 1. The van der Waals surface area contributed by atoms with Gasteiger partial charge in [0.05, 0.1) is 11.7 Å². The van der Waals surface area contributed by atoms with Crippen molar-refractivity contribution in [1.29, 1.82) is 0 Å². The van der Waals surface area contributed by atoms with Crippen molar-refractivity contribution in [3.05, 3.63) is 40.2 Å². The van der Waals surface area contributed by atoms with E-state index < -0.39 is 17.8 Å². The third-order valence-electron chi connectivity index (χ3n) is 3.57. The van der Waals surface area contributed by atoms with E-state index in [2.05, 4.69) is 5.32 Å². The molecule has 1 aromatic heterocycles. The number of amides is 1. The summed E-state index contributed by atoms with van der Waals surface area (Å²) in [5, 5.41) is 3.55. The molecule has 0 fully saturated rings. The van der Waals surface area contributed by atoms with Crippen molar-refractivity contribution in [3.63, 3.8) is 0 Å². The first-order chi connectivity index (χ1) is 11.1. The molecule has 0 unspecified atom stereocenters. The van der Waals surface area contributed by atoms with Crippen LogP contribution in [-0.4, -0.2) is 23.7 Å². The highest BCUT2D eigenvalue weighted by Crippen LogP contribution is 2.21. The Kier molecular flexibility index (Phi) is 5.11. The highest BCUT2D eigenvalue weighted by molar-refractivity contribution is 5.97. The van der Waals surface area contributed by atoms with Crippen molar-refractivity contribution < 1.29 is 13.9 Å². The Bertz CT molecular complexity index is 805. The molecule has 2 atom stereocenters. The molecule has 2 aromatic rings. The SMILES string of the molecule is Cc1cc(=O)oc2cc(NC(=O)[C@@H](N)[C@@H](C)OC(C)(C)C)ccc12. The third kappa shape index (κ3) is 4.43. The number of hydrogen-bond acceptors (Lipinski definition) is 5. The van der Waals surface area contributed by atoms with E-state index in [0.717, 1.165) is 10.9 Å². The number of nitrogens with two attached hydrogens (primary N) is 1. The van der Waals surface area contributed by atoms with Crippen LogP contribution in [-0.2, 0) is 9.53 Å². The molecule has 0 saturated heterocycles. The van der Waals surface area contributed by atoms with Gasteiger partial charge in [0, 0.05) is 23.2 Å². The molecule has 0 saturated carbocycles. The summed E-state index contributed by atoms with van der Waals surface area (Å²) in [6, 6.07) is 5.77. The van der Waals surface area contributed by atoms with E-state index in [1.54, 1.807) is 25.1 Å². The van der Waals surface area contributed by atoms with Crippen molar-refractivity contribution in [3.8, 4) is 0 Å². The molecule has 6 nitrogen and oxygen atoms in total. The van der Waals surface area contributed by atoms with Gasteiger partial charge in [0.25, 0.3) is 0 Å². The van der Waals surface area contributed by atoms with Crippen LogP contribution in [0.25, 0.3) is 11.0 Å². The molecule has 0 spiro atoms. The summed E-state index contributed by atoms with van der Waals surface area (Å²) in [7, 11) is 0. The van der Waals surface area contributed by atoms with Gasteiger partial charge >= 0.3 is 5.63 Å². The van der Waals surface area contributed by atoms with E-state index in [4.69, 9.17) is 14.9 Å². The summed E-state index contributed by atoms with van der Waals surface area (Å²) >= 11 is 0. The average molecular weight is 332 g/mol. The van der Waals surface area contributed by atoms with Gasteiger partial charge in [0.2, 0.25) is 5.91 Å². The van der Waals surface area contributed by atoms with Crippen LogP contribution in [0.5, 0.6) is 0 Å². The second-order valence-corrected chi connectivity index (χ2v) is 6.91. The van der Waals surface area contributed by atoms with Crippen LogP contribution >= 0.6 is 0 Å². The second-order valence-electron chi connectivity index (χ2n) is 6.91.